The number of nitro groups is 1. The van der Waals surface area contributed by atoms with Crippen LogP contribution in [0, 0.1) is 26.4 Å². The standard InChI is InChI=1S/C24H25N3O5/c1-22(2)23(3)12-13-24(22,21(29)25-17-10-7-11-18(14-17)27(30)31)15-19(23)26-32-20(28)16-8-5-4-6-9-16/h4-11,14H,12-13,15H2,1-3H3,(H,25,29)/b26-19+. The SMILES string of the molecule is CC12CCC(C(=O)Nc3cccc([N+](=O)[O-])c3)(C/C1=N\OC(=O)c1ccccc1)C2(C)C. The second-order valence-electron chi connectivity index (χ2n) is 9.26. The minimum absolute atomic E-state index is 0.0858. The zero-order chi connectivity index (χ0) is 23.1. The zero-order valence-corrected chi connectivity index (χ0v) is 18.3. The van der Waals surface area contributed by atoms with Gasteiger partial charge in [0.2, 0.25) is 5.91 Å². The maximum Gasteiger partial charge on any atom is 0.365 e. The van der Waals surface area contributed by atoms with Crippen LogP contribution < -0.4 is 5.32 Å². The van der Waals surface area contributed by atoms with Gasteiger partial charge >= 0.3 is 5.97 Å². The van der Waals surface area contributed by atoms with Gasteiger partial charge in [-0.3, -0.25) is 14.9 Å². The highest BCUT2D eigenvalue weighted by Crippen LogP contribution is 2.71. The smallest absolute Gasteiger partial charge is 0.325 e. The van der Waals surface area contributed by atoms with Crippen LogP contribution in [0.4, 0.5) is 11.4 Å². The van der Waals surface area contributed by atoms with Crippen LogP contribution in [-0.2, 0) is 9.63 Å². The molecule has 1 N–H and O–H groups in total. The summed E-state index contributed by atoms with van der Waals surface area (Å²) in [6.45, 7) is 6.13. The average molecular weight is 435 g/mol. The summed E-state index contributed by atoms with van der Waals surface area (Å²) in [7, 11) is 0. The average Bonchev–Trinajstić information content (AvgIpc) is 3.09. The third-order valence-corrected chi connectivity index (χ3v) is 7.73. The Labute approximate surface area is 185 Å². The van der Waals surface area contributed by atoms with Crippen molar-refractivity contribution in [2.24, 2.45) is 21.4 Å². The predicted octanol–water partition coefficient (Wildman–Crippen LogP) is 4.96. The summed E-state index contributed by atoms with van der Waals surface area (Å²) < 4.78 is 0. The number of oxime groups is 1. The molecule has 8 heteroatoms. The molecule has 2 bridgehead atoms. The molecule has 0 spiro atoms. The van der Waals surface area contributed by atoms with Gasteiger partial charge in [-0.1, -0.05) is 50.2 Å². The molecule has 166 valence electrons. The summed E-state index contributed by atoms with van der Waals surface area (Å²) in [5.74, 6) is -0.747. The monoisotopic (exact) mass is 435 g/mol. The Morgan fingerprint density at radius 3 is 2.47 bits per heavy atom. The number of nitrogens with one attached hydrogen (secondary N) is 1. The molecule has 2 fully saturated rings. The molecule has 2 saturated carbocycles. The number of hydrogen-bond donors (Lipinski definition) is 1. The summed E-state index contributed by atoms with van der Waals surface area (Å²) in [5.41, 5.74) is -0.243. The van der Waals surface area contributed by atoms with Crippen LogP contribution in [0.5, 0.6) is 0 Å². The molecule has 0 radical (unpaired) electrons. The molecule has 4 rings (SSSR count). The van der Waals surface area contributed by atoms with E-state index in [-0.39, 0.29) is 11.6 Å². The summed E-state index contributed by atoms with van der Waals surface area (Å²) in [6.07, 6.45) is 1.74. The molecule has 2 aliphatic rings. The highest BCUT2D eigenvalue weighted by molar-refractivity contribution is 6.06. The van der Waals surface area contributed by atoms with Crippen molar-refractivity contribution in [3.8, 4) is 0 Å². The first kappa shape index (κ1) is 21.7. The largest absolute Gasteiger partial charge is 0.365 e. The molecule has 1 amide bonds. The van der Waals surface area contributed by atoms with Crippen LogP contribution in [0.1, 0.15) is 50.4 Å². The van der Waals surface area contributed by atoms with Crippen molar-refractivity contribution >= 4 is 29.0 Å². The number of carbonyl (C=O) groups is 2. The second-order valence-corrected chi connectivity index (χ2v) is 9.26. The van der Waals surface area contributed by atoms with Gasteiger partial charge in [0.1, 0.15) is 0 Å². The fourth-order valence-corrected chi connectivity index (χ4v) is 5.19. The van der Waals surface area contributed by atoms with E-state index in [9.17, 15) is 19.7 Å². The third-order valence-electron chi connectivity index (χ3n) is 7.73. The summed E-state index contributed by atoms with van der Waals surface area (Å²) in [6, 6.07) is 14.5. The van der Waals surface area contributed by atoms with Gasteiger partial charge in [0.25, 0.3) is 5.69 Å². The first-order valence-corrected chi connectivity index (χ1v) is 10.5. The maximum absolute atomic E-state index is 13.5. The third kappa shape index (κ3) is 3.18. The molecule has 2 aliphatic carbocycles. The number of rotatable bonds is 5. The lowest BCUT2D eigenvalue weighted by molar-refractivity contribution is -0.384. The lowest BCUT2D eigenvalue weighted by Crippen LogP contribution is -2.43. The Morgan fingerprint density at radius 2 is 1.78 bits per heavy atom. The molecule has 32 heavy (non-hydrogen) atoms. The van der Waals surface area contributed by atoms with E-state index in [4.69, 9.17) is 4.84 Å². The fourth-order valence-electron chi connectivity index (χ4n) is 5.19. The first-order valence-electron chi connectivity index (χ1n) is 10.5. The van der Waals surface area contributed by atoms with Gasteiger partial charge in [-0.05, 0) is 36.5 Å². The van der Waals surface area contributed by atoms with E-state index in [0.29, 0.717) is 29.8 Å². The highest BCUT2D eigenvalue weighted by Gasteiger charge is 2.71. The van der Waals surface area contributed by atoms with E-state index >= 15 is 0 Å². The quantitative estimate of drug-likeness (QED) is 0.405. The first-order chi connectivity index (χ1) is 15.1. The van der Waals surface area contributed by atoms with Gasteiger partial charge in [0, 0.05) is 29.7 Å². The van der Waals surface area contributed by atoms with Crippen LogP contribution in [0.15, 0.2) is 59.8 Å². The molecule has 0 heterocycles. The van der Waals surface area contributed by atoms with E-state index < -0.39 is 27.1 Å². The van der Waals surface area contributed by atoms with E-state index in [1.807, 2.05) is 19.9 Å². The van der Waals surface area contributed by atoms with E-state index in [0.717, 1.165) is 6.42 Å². The second kappa shape index (κ2) is 7.55. The van der Waals surface area contributed by atoms with Crippen LogP contribution in [0.3, 0.4) is 0 Å². The van der Waals surface area contributed by atoms with Gasteiger partial charge in [0.05, 0.1) is 21.6 Å². The number of carbonyl (C=O) groups excluding carboxylic acids is 2. The van der Waals surface area contributed by atoms with Gasteiger partial charge in [-0.2, -0.15) is 0 Å². The number of hydrogen-bond acceptors (Lipinski definition) is 6. The van der Waals surface area contributed by atoms with Crippen molar-refractivity contribution in [2.75, 3.05) is 5.32 Å². The maximum atomic E-state index is 13.5. The van der Waals surface area contributed by atoms with Crippen molar-refractivity contribution < 1.29 is 19.3 Å². The topological polar surface area (TPSA) is 111 Å². The number of nitro benzene ring substituents is 1. The zero-order valence-electron chi connectivity index (χ0n) is 18.3. The number of benzene rings is 2. The Kier molecular flexibility index (Phi) is 5.11. The molecule has 2 unspecified atom stereocenters. The molecule has 2 aromatic rings. The van der Waals surface area contributed by atoms with Crippen molar-refractivity contribution in [2.45, 2.75) is 40.0 Å². The fraction of sp³-hybridized carbons (Fsp3) is 0.375. The van der Waals surface area contributed by atoms with Gasteiger partial charge in [0.15, 0.2) is 0 Å². The van der Waals surface area contributed by atoms with Crippen molar-refractivity contribution in [1.82, 2.24) is 0 Å². The highest BCUT2D eigenvalue weighted by atomic mass is 16.7. The Morgan fingerprint density at radius 1 is 1.06 bits per heavy atom. The lowest BCUT2D eigenvalue weighted by Gasteiger charge is -2.39. The number of fused-ring (bicyclic) bond motifs is 2. The lowest BCUT2D eigenvalue weighted by atomic mass is 9.64. The summed E-state index contributed by atoms with van der Waals surface area (Å²) in [5, 5.41) is 18.2. The Balaban J connectivity index is 1.59. The molecular weight excluding hydrogens is 410 g/mol. The summed E-state index contributed by atoms with van der Waals surface area (Å²) in [4.78, 5) is 41.7. The van der Waals surface area contributed by atoms with Crippen molar-refractivity contribution in [3.05, 3.63) is 70.3 Å². The molecule has 0 aliphatic heterocycles. The molecule has 8 nitrogen and oxygen atoms in total. The normalized spacial score (nSPS) is 26.7. The van der Waals surface area contributed by atoms with Gasteiger partial charge < -0.3 is 10.2 Å². The van der Waals surface area contributed by atoms with Crippen molar-refractivity contribution in [3.63, 3.8) is 0 Å². The number of anilines is 1. The molecule has 0 saturated heterocycles. The van der Waals surface area contributed by atoms with E-state index in [2.05, 4.69) is 17.4 Å². The Bertz CT molecular complexity index is 1130. The van der Waals surface area contributed by atoms with Gasteiger partial charge in [-0.25, -0.2) is 4.79 Å². The minimum atomic E-state index is -0.760. The molecule has 2 atom stereocenters. The molecular formula is C24H25N3O5. The van der Waals surface area contributed by atoms with Crippen LogP contribution >= 0.6 is 0 Å². The van der Waals surface area contributed by atoms with Crippen LogP contribution in [0.2, 0.25) is 0 Å². The van der Waals surface area contributed by atoms with Crippen LogP contribution in [-0.4, -0.2) is 22.5 Å². The van der Waals surface area contributed by atoms with Crippen molar-refractivity contribution in [1.29, 1.82) is 0 Å². The van der Waals surface area contributed by atoms with Crippen LogP contribution in [0.25, 0.3) is 0 Å². The number of amides is 1. The number of non-ortho nitro benzene ring substituents is 1. The minimum Gasteiger partial charge on any atom is -0.325 e. The van der Waals surface area contributed by atoms with E-state index in [1.165, 1.54) is 12.1 Å². The number of nitrogens with zero attached hydrogens (tertiary/aromatic N) is 2. The molecule has 2 aromatic carbocycles. The van der Waals surface area contributed by atoms with E-state index in [1.54, 1.807) is 36.4 Å². The summed E-state index contributed by atoms with van der Waals surface area (Å²) >= 11 is 0. The molecule has 0 aromatic heterocycles. The van der Waals surface area contributed by atoms with Gasteiger partial charge in [-0.15, -0.1) is 0 Å². The Hall–Kier alpha value is -3.55. The predicted molar refractivity (Wildman–Crippen MR) is 119 cm³/mol.